The molecule has 1 aromatic heterocycles. The van der Waals surface area contributed by atoms with Crippen molar-refractivity contribution in [3.8, 4) is 11.5 Å². The molecule has 0 saturated heterocycles. The third kappa shape index (κ3) is 2.60. The summed E-state index contributed by atoms with van der Waals surface area (Å²) >= 11 is 0. The van der Waals surface area contributed by atoms with E-state index in [4.69, 9.17) is 4.74 Å². The zero-order valence-electron chi connectivity index (χ0n) is 11.3. The number of carbonyl (C=O) groups excluding carboxylic acids is 1. The van der Waals surface area contributed by atoms with E-state index < -0.39 is 5.82 Å². The van der Waals surface area contributed by atoms with Crippen molar-refractivity contribution < 1.29 is 13.9 Å². The summed E-state index contributed by atoms with van der Waals surface area (Å²) in [5.41, 5.74) is 0.978. The lowest BCUT2D eigenvalue weighted by Crippen LogP contribution is -1.95. The second-order valence-corrected chi connectivity index (χ2v) is 4.63. The molecule has 0 unspecified atom stereocenters. The Balaban J connectivity index is 2.01. The molecule has 104 valence electrons. The lowest BCUT2D eigenvalue weighted by Gasteiger charge is -2.09. The maximum Gasteiger partial charge on any atom is 0.166 e. The molecule has 0 aliphatic heterocycles. The standard InChI is InChI=1S/C17H12FNO2/c1-11(20)13-7-8-15(14(18)10-13)21-16-6-2-4-12-5-3-9-19-17(12)16/h2-10H,1H3. The smallest absolute Gasteiger partial charge is 0.166 e. The van der Waals surface area contributed by atoms with E-state index in [1.54, 1.807) is 18.3 Å². The first kappa shape index (κ1) is 13.2. The van der Waals surface area contributed by atoms with Gasteiger partial charge in [0.05, 0.1) is 0 Å². The maximum atomic E-state index is 14.0. The topological polar surface area (TPSA) is 39.2 Å². The first-order valence-corrected chi connectivity index (χ1v) is 6.47. The molecular weight excluding hydrogens is 269 g/mol. The second kappa shape index (κ2) is 5.32. The van der Waals surface area contributed by atoms with Crippen molar-refractivity contribution in [3.63, 3.8) is 0 Å². The van der Waals surface area contributed by atoms with E-state index in [0.29, 0.717) is 16.8 Å². The number of hydrogen-bond acceptors (Lipinski definition) is 3. The van der Waals surface area contributed by atoms with Crippen LogP contribution in [0.15, 0.2) is 54.7 Å². The third-order valence-electron chi connectivity index (χ3n) is 3.15. The molecule has 0 spiro atoms. The number of nitrogens with zero attached hydrogens (tertiary/aromatic N) is 1. The number of halogens is 1. The minimum absolute atomic E-state index is 0.0677. The summed E-state index contributed by atoms with van der Waals surface area (Å²) in [6.45, 7) is 1.39. The SMILES string of the molecule is CC(=O)c1ccc(Oc2cccc3cccnc23)c(F)c1. The van der Waals surface area contributed by atoms with Gasteiger partial charge in [-0.1, -0.05) is 18.2 Å². The fourth-order valence-electron chi connectivity index (χ4n) is 2.08. The van der Waals surface area contributed by atoms with E-state index in [0.717, 1.165) is 5.39 Å². The molecule has 2 aromatic carbocycles. The van der Waals surface area contributed by atoms with Gasteiger partial charge in [0, 0.05) is 17.1 Å². The first-order chi connectivity index (χ1) is 10.1. The molecule has 0 aliphatic rings. The number of fused-ring (bicyclic) bond motifs is 1. The number of carbonyl (C=O) groups is 1. The van der Waals surface area contributed by atoms with Gasteiger partial charge in [-0.3, -0.25) is 9.78 Å². The summed E-state index contributed by atoms with van der Waals surface area (Å²) in [6, 6.07) is 13.4. The van der Waals surface area contributed by atoms with E-state index in [9.17, 15) is 9.18 Å². The van der Waals surface area contributed by atoms with Crippen LogP contribution in [0.4, 0.5) is 4.39 Å². The zero-order chi connectivity index (χ0) is 14.8. The summed E-state index contributed by atoms with van der Waals surface area (Å²) in [5.74, 6) is -0.219. The van der Waals surface area contributed by atoms with Crippen LogP contribution in [0.1, 0.15) is 17.3 Å². The predicted octanol–water partition coefficient (Wildman–Crippen LogP) is 4.37. The number of ketones is 1. The summed E-state index contributed by atoms with van der Waals surface area (Å²) in [5, 5.41) is 0.913. The van der Waals surface area contributed by atoms with Crippen molar-refractivity contribution in [1.29, 1.82) is 0 Å². The van der Waals surface area contributed by atoms with E-state index in [2.05, 4.69) is 4.98 Å². The Bertz CT molecular complexity index is 825. The van der Waals surface area contributed by atoms with Gasteiger partial charge in [-0.25, -0.2) is 4.39 Å². The molecule has 4 heteroatoms. The van der Waals surface area contributed by atoms with Crippen LogP contribution >= 0.6 is 0 Å². The van der Waals surface area contributed by atoms with Crippen LogP contribution in [0, 0.1) is 5.82 Å². The highest BCUT2D eigenvalue weighted by Crippen LogP contribution is 2.30. The van der Waals surface area contributed by atoms with Crippen molar-refractivity contribution in [2.45, 2.75) is 6.92 Å². The quantitative estimate of drug-likeness (QED) is 0.669. The number of aromatic nitrogens is 1. The van der Waals surface area contributed by atoms with Crippen molar-refractivity contribution in [3.05, 3.63) is 66.1 Å². The Morgan fingerprint density at radius 1 is 1.10 bits per heavy atom. The largest absolute Gasteiger partial charge is 0.452 e. The Hall–Kier alpha value is -2.75. The van der Waals surface area contributed by atoms with Crippen LogP contribution in [0.2, 0.25) is 0 Å². The van der Waals surface area contributed by atoms with Crippen molar-refractivity contribution in [2.24, 2.45) is 0 Å². The van der Waals surface area contributed by atoms with Gasteiger partial charge in [0.15, 0.2) is 23.1 Å². The highest BCUT2D eigenvalue weighted by atomic mass is 19.1. The predicted molar refractivity (Wildman–Crippen MR) is 78.2 cm³/mol. The van der Waals surface area contributed by atoms with E-state index in [1.165, 1.54) is 19.1 Å². The number of benzene rings is 2. The van der Waals surface area contributed by atoms with Crippen molar-refractivity contribution >= 4 is 16.7 Å². The van der Waals surface area contributed by atoms with Gasteiger partial charge in [-0.05, 0) is 37.3 Å². The number of rotatable bonds is 3. The summed E-state index contributed by atoms with van der Waals surface area (Å²) in [4.78, 5) is 15.5. The van der Waals surface area contributed by atoms with Gasteiger partial charge in [0.1, 0.15) is 5.52 Å². The summed E-state index contributed by atoms with van der Waals surface area (Å²) < 4.78 is 19.6. The van der Waals surface area contributed by atoms with Crippen LogP contribution in [0.25, 0.3) is 10.9 Å². The third-order valence-corrected chi connectivity index (χ3v) is 3.15. The molecular formula is C17H12FNO2. The van der Waals surface area contributed by atoms with Crippen LogP contribution < -0.4 is 4.74 Å². The highest BCUT2D eigenvalue weighted by molar-refractivity contribution is 5.94. The molecule has 0 saturated carbocycles. The summed E-state index contributed by atoms with van der Waals surface area (Å²) in [6.07, 6.45) is 1.66. The number of hydrogen-bond donors (Lipinski definition) is 0. The lowest BCUT2D eigenvalue weighted by atomic mass is 10.1. The average Bonchev–Trinajstić information content (AvgIpc) is 2.49. The Kier molecular flexibility index (Phi) is 3.36. The fourth-order valence-corrected chi connectivity index (χ4v) is 2.08. The molecule has 3 aromatic rings. The van der Waals surface area contributed by atoms with Gasteiger partial charge < -0.3 is 4.74 Å². The number of para-hydroxylation sites is 1. The van der Waals surface area contributed by atoms with Crippen molar-refractivity contribution in [2.75, 3.05) is 0 Å². The summed E-state index contributed by atoms with van der Waals surface area (Å²) in [7, 11) is 0. The molecule has 0 aliphatic carbocycles. The first-order valence-electron chi connectivity index (χ1n) is 6.47. The number of ether oxygens (including phenoxy) is 1. The Labute approximate surface area is 121 Å². The Morgan fingerprint density at radius 3 is 2.67 bits per heavy atom. The van der Waals surface area contributed by atoms with E-state index in [-0.39, 0.29) is 11.5 Å². The Morgan fingerprint density at radius 2 is 1.90 bits per heavy atom. The number of Topliss-reactive ketones (excluding diaryl/α,β-unsaturated/α-hetero) is 1. The molecule has 0 N–H and O–H groups in total. The van der Waals surface area contributed by atoms with Gasteiger partial charge in [0.25, 0.3) is 0 Å². The van der Waals surface area contributed by atoms with Gasteiger partial charge in [0.2, 0.25) is 0 Å². The van der Waals surface area contributed by atoms with Crippen LogP contribution in [-0.2, 0) is 0 Å². The van der Waals surface area contributed by atoms with Crippen LogP contribution in [0.3, 0.4) is 0 Å². The monoisotopic (exact) mass is 281 g/mol. The van der Waals surface area contributed by atoms with E-state index >= 15 is 0 Å². The minimum atomic E-state index is -0.573. The van der Waals surface area contributed by atoms with Gasteiger partial charge in [-0.15, -0.1) is 0 Å². The van der Waals surface area contributed by atoms with Crippen molar-refractivity contribution in [1.82, 2.24) is 4.98 Å². The fraction of sp³-hybridized carbons (Fsp3) is 0.0588. The van der Waals surface area contributed by atoms with Crippen LogP contribution in [0.5, 0.6) is 11.5 Å². The average molecular weight is 281 g/mol. The molecule has 0 radical (unpaired) electrons. The lowest BCUT2D eigenvalue weighted by molar-refractivity contribution is 0.101. The van der Waals surface area contributed by atoms with Gasteiger partial charge >= 0.3 is 0 Å². The molecule has 21 heavy (non-hydrogen) atoms. The maximum absolute atomic E-state index is 14.0. The molecule has 1 heterocycles. The molecule has 0 bridgehead atoms. The molecule has 0 fully saturated rings. The highest BCUT2D eigenvalue weighted by Gasteiger charge is 2.10. The molecule has 0 amide bonds. The second-order valence-electron chi connectivity index (χ2n) is 4.63. The normalized spacial score (nSPS) is 10.6. The van der Waals surface area contributed by atoms with Gasteiger partial charge in [-0.2, -0.15) is 0 Å². The van der Waals surface area contributed by atoms with E-state index in [1.807, 2.05) is 24.3 Å². The molecule has 3 nitrogen and oxygen atoms in total. The molecule has 0 atom stereocenters. The minimum Gasteiger partial charge on any atom is -0.452 e. The number of pyridine rings is 1. The zero-order valence-corrected chi connectivity index (χ0v) is 11.3. The van der Waals surface area contributed by atoms with Crippen LogP contribution in [-0.4, -0.2) is 10.8 Å². The molecule has 3 rings (SSSR count).